The van der Waals surface area contributed by atoms with Gasteiger partial charge in [0.25, 0.3) is 0 Å². The highest BCUT2D eigenvalue weighted by atomic mass is 19.1. The smallest absolute Gasteiger partial charge is 0.139 e. The Labute approximate surface area is 196 Å². The van der Waals surface area contributed by atoms with Crippen LogP contribution >= 0.6 is 0 Å². The summed E-state index contributed by atoms with van der Waals surface area (Å²) in [5.74, 6) is 0.396. The summed E-state index contributed by atoms with van der Waals surface area (Å²) in [7, 11) is 0. The summed E-state index contributed by atoms with van der Waals surface area (Å²) in [6, 6.07) is 13.5. The molecule has 2 heteroatoms. The first kappa shape index (κ1) is 27.8. The van der Waals surface area contributed by atoms with Gasteiger partial charge in [-0.1, -0.05) is 68.2 Å². The van der Waals surface area contributed by atoms with E-state index < -0.39 is 0 Å². The van der Waals surface area contributed by atoms with Crippen molar-refractivity contribution in [2.75, 3.05) is 0 Å². The van der Waals surface area contributed by atoms with Gasteiger partial charge in [-0.3, -0.25) is 4.79 Å². The van der Waals surface area contributed by atoms with Crippen molar-refractivity contribution >= 4 is 5.78 Å². The van der Waals surface area contributed by atoms with Crippen LogP contribution in [0.25, 0.3) is 0 Å². The molecule has 32 heavy (non-hydrogen) atoms. The van der Waals surface area contributed by atoms with Crippen LogP contribution in [0.15, 0.2) is 54.6 Å². The van der Waals surface area contributed by atoms with E-state index in [-0.39, 0.29) is 11.2 Å². The first-order valence-electron chi connectivity index (χ1n) is 12.0. The molecular weight excluding hydrogens is 395 g/mol. The van der Waals surface area contributed by atoms with Gasteiger partial charge in [0.15, 0.2) is 0 Å². The van der Waals surface area contributed by atoms with Crippen molar-refractivity contribution in [1.82, 2.24) is 0 Å². The third kappa shape index (κ3) is 9.10. The molecule has 1 aliphatic rings. The van der Waals surface area contributed by atoms with Crippen molar-refractivity contribution in [3.8, 4) is 0 Å². The largest absolute Gasteiger partial charge is 0.299 e. The number of aryl methyl sites for hydroxylation is 3. The molecule has 0 radical (unpaired) electrons. The Morgan fingerprint density at radius 2 is 1.50 bits per heavy atom. The lowest BCUT2D eigenvalue weighted by Gasteiger charge is -2.35. The Morgan fingerprint density at radius 3 is 2.00 bits per heavy atom. The van der Waals surface area contributed by atoms with Crippen molar-refractivity contribution in [3.63, 3.8) is 0 Å². The molecule has 0 bridgehead atoms. The number of allylic oxidation sites excluding steroid dienone is 1. The second-order valence-corrected chi connectivity index (χ2v) is 9.43. The highest BCUT2D eigenvalue weighted by molar-refractivity contribution is 5.85. The van der Waals surface area contributed by atoms with Crippen molar-refractivity contribution in [1.29, 1.82) is 0 Å². The maximum Gasteiger partial charge on any atom is 0.139 e. The van der Waals surface area contributed by atoms with Gasteiger partial charge in [0.05, 0.1) is 0 Å². The first-order valence-corrected chi connectivity index (χ1v) is 12.0. The Balaban J connectivity index is 0.000000326. The molecule has 1 saturated carbocycles. The standard InChI is InChI=1S/C18H26O.C8H9F.C4H8/c1-3-18(13-7-4-8-14-18)17(19)12-11-16-10-6-5-9-15(16)2;1-6-4-3-5-8(9)7(6)2;1-4(2)3/h5-6,9-10H,3-4,7-8,11-14H2,1-2H3;3-5H,1-2H3;1H2,2-3H3. The average molecular weight is 439 g/mol. The van der Waals surface area contributed by atoms with Crippen molar-refractivity contribution in [2.45, 2.75) is 92.9 Å². The molecule has 1 nitrogen and oxygen atoms in total. The minimum atomic E-state index is -0.116. The summed E-state index contributed by atoms with van der Waals surface area (Å²) >= 11 is 0. The minimum Gasteiger partial charge on any atom is -0.299 e. The molecule has 176 valence electrons. The van der Waals surface area contributed by atoms with Gasteiger partial charge in [0, 0.05) is 11.8 Å². The number of carbonyl (C=O) groups excluding carboxylic acids is 1. The molecule has 1 fully saturated rings. The fourth-order valence-corrected chi connectivity index (χ4v) is 4.18. The minimum absolute atomic E-state index is 0.0148. The number of halogens is 1. The number of hydrogen-bond donors (Lipinski definition) is 0. The number of benzene rings is 2. The fraction of sp³-hybridized carbons (Fsp3) is 0.500. The fourth-order valence-electron chi connectivity index (χ4n) is 4.18. The highest BCUT2D eigenvalue weighted by Gasteiger charge is 2.36. The van der Waals surface area contributed by atoms with Crippen molar-refractivity contribution < 1.29 is 9.18 Å². The number of ketones is 1. The van der Waals surface area contributed by atoms with Crippen LogP contribution in [0.1, 0.15) is 88.0 Å². The molecule has 0 atom stereocenters. The van der Waals surface area contributed by atoms with Crippen LogP contribution in [-0.4, -0.2) is 5.78 Å². The van der Waals surface area contributed by atoms with Gasteiger partial charge in [-0.2, -0.15) is 0 Å². The van der Waals surface area contributed by atoms with Crippen LogP contribution in [0.2, 0.25) is 0 Å². The van der Waals surface area contributed by atoms with E-state index in [9.17, 15) is 9.18 Å². The molecule has 2 aromatic rings. The molecule has 3 rings (SSSR count). The lowest BCUT2D eigenvalue weighted by molar-refractivity contribution is -0.130. The number of rotatable bonds is 5. The summed E-state index contributed by atoms with van der Waals surface area (Å²) in [4.78, 5) is 12.6. The predicted molar refractivity (Wildman–Crippen MR) is 137 cm³/mol. The van der Waals surface area contributed by atoms with Crippen molar-refractivity contribution in [2.24, 2.45) is 5.41 Å². The van der Waals surface area contributed by atoms with E-state index in [0.29, 0.717) is 5.78 Å². The normalized spacial score (nSPS) is 14.3. The van der Waals surface area contributed by atoms with E-state index in [4.69, 9.17) is 0 Å². The molecule has 0 aromatic heterocycles. The lowest BCUT2D eigenvalue weighted by Crippen LogP contribution is -2.33. The Hall–Kier alpha value is -2.22. The molecule has 0 aliphatic heterocycles. The zero-order chi connectivity index (χ0) is 24.1. The number of hydrogen-bond acceptors (Lipinski definition) is 1. The quantitative estimate of drug-likeness (QED) is 0.426. The van der Waals surface area contributed by atoms with E-state index >= 15 is 0 Å². The summed E-state index contributed by atoms with van der Waals surface area (Å²) in [5.41, 5.74) is 5.58. The molecule has 0 amide bonds. The maximum absolute atomic E-state index is 12.6. The maximum atomic E-state index is 12.6. The molecular formula is C30H43FO. The van der Waals surface area contributed by atoms with E-state index in [2.05, 4.69) is 44.7 Å². The van der Waals surface area contributed by atoms with Gasteiger partial charge >= 0.3 is 0 Å². The topological polar surface area (TPSA) is 17.1 Å². The van der Waals surface area contributed by atoms with Gasteiger partial charge in [-0.25, -0.2) is 4.39 Å². The molecule has 1 aliphatic carbocycles. The summed E-state index contributed by atoms with van der Waals surface area (Å²) in [6.07, 6.45) is 8.69. The zero-order valence-electron chi connectivity index (χ0n) is 21.2. The molecule has 0 heterocycles. The van der Waals surface area contributed by atoms with E-state index in [1.54, 1.807) is 13.0 Å². The SMILES string of the molecule is C=C(C)C.CCC1(C(=O)CCc2ccccc2C)CCCCC1.Cc1cccc(F)c1C. The predicted octanol–water partition coefficient (Wildman–Crippen LogP) is 8.88. The summed E-state index contributed by atoms with van der Waals surface area (Å²) < 4.78 is 12.6. The van der Waals surface area contributed by atoms with E-state index in [0.717, 1.165) is 43.2 Å². The molecule has 0 spiro atoms. The van der Waals surface area contributed by atoms with Gasteiger partial charge < -0.3 is 0 Å². The number of Topliss-reactive ketones (excluding diaryl/α,β-unsaturated/α-hetero) is 1. The molecule has 2 aromatic carbocycles. The molecule has 0 unspecified atom stereocenters. The van der Waals surface area contributed by atoms with Crippen LogP contribution in [0.4, 0.5) is 4.39 Å². The van der Waals surface area contributed by atoms with Crippen LogP contribution in [-0.2, 0) is 11.2 Å². The first-order chi connectivity index (χ1) is 15.1. The second kappa shape index (κ2) is 14.0. The Bertz CT molecular complexity index is 835. The van der Waals surface area contributed by atoms with Crippen molar-refractivity contribution in [3.05, 3.63) is 82.7 Å². The third-order valence-corrected chi connectivity index (χ3v) is 6.50. The third-order valence-electron chi connectivity index (χ3n) is 6.50. The second-order valence-electron chi connectivity index (χ2n) is 9.43. The molecule has 0 N–H and O–H groups in total. The van der Waals surface area contributed by atoms with Crippen LogP contribution in [0.3, 0.4) is 0 Å². The zero-order valence-corrected chi connectivity index (χ0v) is 21.2. The number of carbonyl (C=O) groups is 1. The van der Waals surface area contributed by atoms with E-state index in [1.807, 2.05) is 26.8 Å². The van der Waals surface area contributed by atoms with Gasteiger partial charge in [-0.15, -0.1) is 6.58 Å². The summed E-state index contributed by atoms with van der Waals surface area (Å²) in [5, 5.41) is 0. The van der Waals surface area contributed by atoms with E-state index in [1.165, 1.54) is 42.0 Å². The van der Waals surface area contributed by atoms with Crippen LogP contribution in [0.5, 0.6) is 0 Å². The summed E-state index contributed by atoms with van der Waals surface area (Å²) in [6.45, 7) is 15.5. The van der Waals surface area contributed by atoms with Gasteiger partial charge in [-0.05, 0) is 88.6 Å². The Kier molecular flexibility index (Phi) is 12.2. The molecule has 0 saturated heterocycles. The van der Waals surface area contributed by atoms with Crippen LogP contribution < -0.4 is 0 Å². The Morgan fingerprint density at radius 1 is 0.938 bits per heavy atom. The highest BCUT2D eigenvalue weighted by Crippen LogP contribution is 2.41. The monoisotopic (exact) mass is 438 g/mol. The lowest BCUT2D eigenvalue weighted by atomic mass is 9.68. The van der Waals surface area contributed by atoms with Gasteiger partial charge in [0.2, 0.25) is 0 Å². The average Bonchev–Trinajstić information content (AvgIpc) is 2.77. The van der Waals surface area contributed by atoms with Crippen LogP contribution in [0, 0.1) is 32.0 Å². The van der Waals surface area contributed by atoms with Gasteiger partial charge in [0.1, 0.15) is 11.6 Å².